The van der Waals surface area contributed by atoms with Gasteiger partial charge in [0, 0.05) is 11.1 Å². The van der Waals surface area contributed by atoms with Crippen LogP contribution in [0.15, 0.2) is 59.0 Å². The van der Waals surface area contributed by atoms with Gasteiger partial charge >= 0.3 is 0 Å². The van der Waals surface area contributed by atoms with Crippen LogP contribution in [0.4, 0.5) is 0 Å². The average molecular weight is 234 g/mol. The Hall–Kier alpha value is -2.36. The molecule has 0 unspecified atom stereocenters. The van der Waals surface area contributed by atoms with Gasteiger partial charge < -0.3 is 4.42 Å². The molecule has 18 heavy (non-hydrogen) atoms. The predicted octanol–water partition coefficient (Wildman–Crippen LogP) is 1.66. The third-order valence-electron chi connectivity index (χ3n) is 2.74. The van der Waals surface area contributed by atoms with Gasteiger partial charge in [0.05, 0.1) is 0 Å². The molecular formula is C14H11BN2O. The molecule has 4 heteroatoms. The van der Waals surface area contributed by atoms with Crippen molar-refractivity contribution in [2.45, 2.75) is 0 Å². The predicted molar refractivity (Wildman–Crippen MR) is 73.3 cm³/mol. The van der Waals surface area contributed by atoms with Crippen LogP contribution in [0.2, 0.25) is 0 Å². The van der Waals surface area contributed by atoms with Crippen molar-refractivity contribution in [3.8, 4) is 22.9 Å². The number of aromatic nitrogens is 2. The molecule has 0 spiro atoms. The highest BCUT2D eigenvalue weighted by Gasteiger charge is 2.09. The smallest absolute Gasteiger partial charge is 0.248 e. The Morgan fingerprint density at radius 1 is 0.722 bits per heavy atom. The lowest BCUT2D eigenvalue weighted by molar-refractivity contribution is 0.584. The van der Waals surface area contributed by atoms with Crippen molar-refractivity contribution in [3.63, 3.8) is 0 Å². The van der Waals surface area contributed by atoms with Crippen molar-refractivity contribution in [1.29, 1.82) is 0 Å². The topological polar surface area (TPSA) is 38.9 Å². The first-order valence-corrected chi connectivity index (χ1v) is 5.79. The van der Waals surface area contributed by atoms with Crippen LogP contribution in [-0.2, 0) is 0 Å². The highest BCUT2D eigenvalue weighted by atomic mass is 16.4. The van der Waals surface area contributed by atoms with Crippen LogP contribution in [-0.4, -0.2) is 18.0 Å². The van der Waals surface area contributed by atoms with Gasteiger partial charge in [0.1, 0.15) is 7.85 Å². The quantitative estimate of drug-likeness (QED) is 0.633. The van der Waals surface area contributed by atoms with Crippen molar-refractivity contribution in [3.05, 3.63) is 54.6 Å². The Morgan fingerprint density at radius 3 is 1.89 bits per heavy atom. The van der Waals surface area contributed by atoms with Crippen molar-refractivity contribution < 1.29 is 4.42 Å². The Bertz CT molecular complexity index is 647. The molecule has 3 rings (SSSR count). The van der Waals surface area contributed by atoms with Crippen LogP contribution in [0.25, 0.3) is 22.9 Å². The zero-order valence-corrected chi connectivity index (χ0v) is 10.00. The van der Waals surface area contributed by atoms with Crippen LogP contribution < -0.4 is 5.46 Å². The lowest BCUT2D eigenvalue weighted by Gasteiger charge is -1.95. The second-order valence-corrected chi connectivity index (χ2v) is 4.14. The monoisotopic (exact) mass is 234 g/mol. The fourth-order valence-corrected chi connectivity index (χ4v) is 1.73. The van der Waals surface area contributed by atoms with Gasteiger partial charge in [0.15, 0.2) is 0 Å². The van der Waals surface area contributed by atoms with Crippen LogP contribution >= 0.6 is 0 Å². The summed E-state index contributed by atoms with van der Waals surface area (Å²) in [6.45, 7) is 0. The van der Waals surface area contributed by atoms with Crippen LogP contribution in [0.1, 0.15) is 0 Å². The number of nitrogens with zero attached hydrogens (tertiary/aromatic N) is 2. The Balaban J connectivity index is 1.97. The maximum Gasteiger partial charge on any atom is 0.248 e. The second kappa shape index (κ2) is 4.49. The van der Waals surface area contributed by atoms with Gasteiger partial charge in [-0.3, -0.25) is 0 Å². The molecule has 0 fully saturated rings. The molecule has 2 aromatic carbocycles. The van der Waals surface area contributed by atoms with Crippen molar-refractivity contribution in [1.82, 2.24) is 10.2 Å². The van der Waals surface area contributed by atoms with E-state index < -0.39 is 0 Å². The Kier molecular flexibility index (Phi) is 2.69. The lowest BCUT2D eigenvalue weighted by atomic mass is 9.95. The summed E-state index contributed by atoms with van der Waals surface area (Å²) in [6.07, 6.45) is 0. The van der Waals surface area contributed by atoms with Gasteiger partial charge in [-0.05, 0) is 12.1 Å². The zero-order valence-electron chi connectivity index (χ0n) is 10.00. The molecule has 86 valence electrons. The van der Waals surface area contributed by atoms with Gasteiger partial charge in [0.25, 0.3) is 0 Å². The van der Waals surface area contributed by atoms with Crippen molar-refractivity contribution in [2.24, 2.45) is 0 Å². The molecular weight excluding hydrogens is 223 g/mol. The van der Waals surface area contributed by atoms with E-state index in [0.717, 1.165) is 11.1 Å². The minimum Gasteiger partial charge on any atom is -0.416 e. The summed E-state index contributed by atoms with van der Waals surface area (Å²) in [4.78, 5) is 0. The molecule has 0 aliphatic carbocycles. The molecule has 0 saturated heterocycles. The van der Waals surface area contributed by atoms with E-state index in [1.807, 2.05) is 62.4 Å². The lowest BCUT2D eigenvalue weighted by Crippen LogP contribution is -1.99. The van der Waals surface area contributed by atoms with Gasteiger partial charge in [-0.25, -0.2) is 0 Å². The highest BCUT2D eigenvalue weighted by molar-refractivity contribution is 6.32. The zero-order chi connectivity index (χ0) is 12.4. The molecule has 0 N–H and O–H groups in total. The van der Waals surface area contributed by atoms with Gasteiger partial charge in [0.2, 0.25) is 11.8 Å². The van der Waals surface area contributed by atoms with E-state index in [1.54, 1.807) is 0 Å². The van der Waals surface area contributed by atoms with Crippen LogP contribution in [0, 0.1) is 0 Å². The van der Waals surface area contributed by atoms with Crippen LogP contribution in [0.5, 0.6) is 0 Å². The molecule has 0 amide bonds. The molecule has 0 aliphatic heterocycles. The number of hydrogen-bond donors (Lipinski definition) is 0. The van der Waals surface area contributed by atoms with Crippen molar-refractivity contribution in [2.75, 3.05) is 0 Å². The van der Waals surface area contributed by atoms with E-state index in [-0.39, 0.29) is 0 Å². The number of rotatable bonds is 2. The van der Waals surface area contributed by atoms with Gasteiger partial charge in [-0.1, -0.05) is 47.9 Å². The summed E-state index contributed by atoms with van der Waals surface area (Å²) >= 11 is 0. The van der Waals surface area contributed by atoms with Crippen LogP contribution in [0.3, 0.4) is 0 Å². The fraction of sp³-hybridized carbons (Fsp3) is 0. The van der Waals surface area contributed by atoms with E-state index >= 15 is 0 Å². The largest absolute Gasteiger partial charge is 0.416 e. The molecule has 3 aromatic rings. The Morgan fingerprint density at radius 2 is 1.28 bits per heavy atom. The summed E-state index contributed by atoms with van der Waals surface area (Å²) in [5.41, 5.74) is 3.08. The highest BCUT2D eigenvalue weighted by Crippen LogP contribution is 2.22. The summed E-state index contributed by atoms with van der Waals surface area (Å²) in [5.74, 6) is 1.10. The molecule has 0 aliphatic rings. The Labute approximate surface area is 106 Å². The maximum atomic E-state index is 5.67. The summed E-state index contributed by atoms with van der Waals surface area (Å²) in [6, 6.07) is 17.8. The van der Waals surface area contributed by atoms with Gasteiger partial charge in [-0.15, -0.1) is 10.2 Å². The van der Waals surface area contributed by atoms with E-state index in [9.17, 15) is 0 Å². The fourth-order valence-electron chi connectivity index (χ4n) is 1.73. The minimum absolute atomic E-state index is 0.547. The summed E-state index contributed by atoms with van der Waals surface area (Å²) in [5, 5.41) is 8.14. The van der Waals surface area contributed by atoms with Crippen molar-refractivity contribution >= 4 is 13.3 Å². The SMILES string of the molecule is Bc1ccc(-c2nnc(-c3ccccc3)o2)cc1. The summed E-state index contributed by atoms with van der Waals surface area (Å²) in [7, 11) is 2.05. The van der Waals surface area contributed by atoms with E-state index in [0.29, 0.717) is 11.8 Å². The normalized spacial score (nSPS) is 10.4. The van der Waals surface area contributed by atoms with E-state index in [4.69, 9.17) is 4.42 Å². The summed E-state index contributed by atoms with van der Waals surface area (Å²) < 4.78 is 5.67. The standard InChI is InChI=1S/C14H11BN2O/c15-12-8-6-11(7-9-12)14-17-16-13(18-14)10-4-2-1-3-5-10/h1-9H,15H2. The molecule has 0 atom stereocenters. The first-order valence-electron chi connectivity index (χ1n) is 5.79. The molecule has 3 nitrogen and oxygen atoms in total. The molecule has 1 heterocycles. The average Bonchev–Trinajstić information content (AvgIpc) is 2.90. The molecule has 0 radical (unpaired) electrons. The number of hydrogen-bond acceptors (Lipinski definition) is 3. The first-order chi connectivity index (χ1) is 8.83. The maximum absolute atomic E-state index is 5.67. The second-order valence-electron chi connectivity index (χ2n) is 4.14. The van der Waals surface area contributed by atoms with E-state index in [1.165, 1.54) is 5.46 Å². The van der Waals surface area contributed by atoms with E-state index in [2.05, 4.69) is 10.2 Å². The third-order valence-corrected chi connectivity index (χ3v) is 2.74. The molecule has 1 aromatic heterocycles. The number of benzene rings is 2. The minimum atomic E-state index is 0.547. The van der Waals surface area contributed by atoms with Gasteiger partial charge in [-0.2, -0.15) is 0 Å². The molecule has 0 bridgehead atoms. The first kappa shape index (κ1) is 10.8. The molecule has 0 saturated carbocycles. The third kappa shape index (κ3) is 2.05.